The van der Waals surface area contributed by atoms with Gasteiger partial charge in [0.05, 0.1) is 19.3 Å². The number of aromatic nitrogens is 2. The van der Waals surface area contributed by atoms with Crippen molar-refractivity contribution in [3.63, 3.8) is 0 Å². The molecular weight excluding hydrogens is 226 g/mol. The Morgan fingerprint density at radius 2 is 2.25 bits per heavy atom. The van der Waals surface area contributed by atoms with Crippen LogP contribution in [0.3, 0.4) is 0 Å². The summed E-state index contributed by atoms with van der Waals surface area (Å²) in [5.74, 6) is 5.23. The molecule has 0 spiro atoms. The molecule has 3 N–H and O–H groups in total. The van der Waals surface area contributed by atoms with E-state index >= 15 is 0 Å². The van der Waals surface area contributed by atoms with Gasteiger partial charge in [0, 0.05) is 6.54 Å². The van der Waals surface area contributed by atoms with E-state index in [-0.39, 0.29) is 6.10 Å². The molecule has 1 rings (SSSR count). The Morgan fingerprint density at radius 1 is 1.50 bits per heavy atom. The van der Waals surface area contributed by atoms with Gasteiger partial charge in [0.15, 0.2) is 0 Å². The molecule has 0 bridgehead atoms. The van der Waals surface area contributed by atoms with E-state index in [4.69, 9.17) is 10.6 Å². The zero-order chi connectivity index (χ0) is 12.0. The lowest BCUT2D eigenvalue weighted by Gasteiger charge is -2.15. The van der Waals surface area contributed by atoms with Gasteiger partial charge in [-0.2, -0.15) is 0 Å². The number of nitrogens with one attached hydrogen (secondary N) is 1. The first-order chi connectivity index (χ1) is 7.61. The molecule has 1 aromatic rings. The number of rotatable bonds is 7. The van der Waals surface area contributed by atoms with Crippen LogP contribution >= 0.6 is 11.3 Å². The Labute approximate surface area is 99.8 Å². The normalized spacial score (nSPS) is 11.4. The Hall–Kier alpha value is -0.760. The van der Waals surface area contributed by atoms with Crippen LogP contribution in [0.2, 0.25) is 0 Å². The number of nitrogens with zero attached hydrogens (tertiary/aromatic N) is 3. The highest BCUT2D eigenvalue weighted by molar-refractivity contribution is 7.15. The summed E-state index contributed by atoms with van der Waals surface area (Å²) in [6, 6.07) is 0. The fraction of sp³-hybridized carbons (Fsp3) is 0.778. The lowest BCUT2D eigenvalue weighted by molar-refractivity contribution is 0.0626. The molecule has 6 nitrogen and oxygen atoms in total. The maximum atomic E-state index is 5.47. The smallest absolute Gasteiger partial charge is 0.219 e. The summed E-state index contributed by atoms with van der Waals surface area (Å²) in [5, 5.41) is 9.47. The topological polar surface area (TPSA) is 76.3 Å². The lowest BCUT2D eigenvalue weighted by Crippen LogP contribution is -2.23. The van der Waals surface area contributed by atoms with E-state index in [1.165, 1.54) is 11.3 Å². The molecule has 0 fully saturated rings. The number of hydrogen-bond acceptors (Lipinski definition) is 7. The van der Waals surface area contributed by atoms with E-state index < -0.39 is 0 Å². The molecule has 0 aromatic carbocycles. The summed E-state index contributed by atoms with van der Waals surface area (Å²) in [6.07, 6.45) is 0.281. The minimum atomic E-state index is 0.281. The van der Waals surface area contributed by atoms with Gasteiger partial charge in [-0.3, -0.25) is 10.3 Å². The van der Waals surface area contributed by atoms with Crippen molar-refractivity contribution in [2.45, 2.75) is 26.5 Å². The number of likely N-dealkylation sites (N-methyl/N-ethyl adjacent to an activating group) is 1. The number of hydrazine groups is 1. The van der Waals surface area contributed by atoms with Crippen LogP contribution in [-0.4, -0.2) is 41.4 Å². The summed E-state index contributed by atoms with van der Waals surface area (Å²) in [7, 11) is 2.03. The molecule has 1 heterocycles. The second-order valence-corrected chi connectivity index (χ2v) is 4.86. The van der Waals surface area contributed by atoms with Crippen molar-refractivity contribution >= 4 is 16.5 Å². The van der Waals surface area contributed by atoms with E-state index in [9.17, 15) is 0 Å². The maximum Gasteiger partial charge on any atom is 0.219 e. The van der Waals surface area contributed by atoms with Crippen molar-refractivity contribution < 1.29 is 4.74 Å². The third-order valence-electron chi connectivity index (χ3n) is 1.92. The van der Waals surface area contributed by atoms with Crippen LogP contribution in [0, 0.1) is 0 Å². The highest BCUT2D eigenvalue weighted by Crippen LogP contribution is 2.14. The standard InChI is InChI=1S/C9H19N5OS/c1-7(2)15-5-4-14(3)6-8-12-13-9(11-10)16-8/h7H,4-6,10H2,1-3H3,(H,11,13). The molecular formula is C9H19N5OS. The second kappa shape index (κ2) is 6.74. The van der Waals surface area contributed by atoms with Gasteiger partial charge < -0.3 is 4.74 Å². The van der Waals surface area contributed by atoms with Crippen molar-refractivity contribution in [2.75, 3.05) is 25.6 Å². The van der Waals surface area contributed by atoms with Crippen LogP contribution in [0.25, 0.3) is 0 Å². The molecule has 1 aromatic heterocycles. The van der Waals surface area contributed by atoms with Crippen molar-refractivity contribution in [3.8, 4) is 0 Å². The molecule has 92 valence electrons. The summed E-state index contributed by atoms with van der Waals surface area (Å²) >= 11 is 1.46. The van der Waals surface area contributed by atoms with E-state index in [0.717, 1.165) is 24.7 Å². The van der Waals surface area contributed by atoms with Crippen molar-refractivity contribution in [1.29, 1.82) is 0 Å². The van der Waals surface area contributed by atoms with Crippen LogP contribution in [0.4, 0.5) is 5.13 Å². The quantitative estimate of drug-likeness (QED) is 0.543. The molecule has 0 aliphatic rings. The number of anilines is 1. The Morgan fingerprint density at radius 3 is 2.81 bits per heavy atom. The third kappa shape index (κ3) is 4.84. The minimum absolute atomic E-state index is 0.281. The van der Waals surface area contributed by atoms with Gasteiger partial charge in [-0.05, 0) is 20.9 Å². The number of nitrogens with two attached hydrogens (primary N) is 1. The van der Waals surface area contributed by atoms with Crippen LogP contribution < -0.4 is 11.3 Å². The molecule has 0 aliphatic carbocycles. The highest BCUT2D eigenvalue weighted by atomic mass is 32.1. The number of nitrogen functional groups attached to an aromatic ring is 1. The molecule has 16 heavy (non-hydrogen) atoms. The van der Waals surface area contributed by atoms with Gasteiger partial charge in [0.2, 0.25) is 5.13 Å². The first-order valence-electron chi connectivity index (χ1n) is 5.21. The Bertz CT molecular complexity index is 304. The zero-order valence-corrected chi connectivity index (χ0v) is 10.8. The van der Waals surface area contributed by atoms with Crippen molar-refractivity contribution in [3.05, 3.63) is 5.01 Å². The first-order valence-corrected chi connectivity index (χ1v) is 6.02. The average molecular weight is 245 g/mol. The molecule has 0 saturated carbocycles. The molecule has 0 unspecified atom stereocenters. The van der Waals surface area contributed by atoms with Crippen LogP contribution in [0.15, 0.2) is 0 Å². The molecule has 0 atom stereocenters. The molecule has 7 heteroatoms. The zero-order valence-electron chi connectivity index (χ0n) is 9.93. The third-order valence-corrected chi connectivity index (χ3v) is 2.76. The molecule has 0 saturated heterocycles. The predicted molar refractivity (Wildman–Crippen MR) is 65.1 cm³/mol. The fourth-order valence-corrected chi connectivity index (χ4v) is 1.86. The predicted octanol–water partition coefficient (Wildman–Crippen LogP) is 0.681. The van der Waals surface area contributed by atoms with Gasteiger partial charge in [-0.1, -0.05) is 11.3 Å². The summed E-state index contributed by atoms with van der Waals surface area (Å²) in [6.45, 7) is 6.44. The molecule has 0 aliphatic heterocycles. The van der Waals surface area contributed by atoms with Gasteiger partial charge >= 0.3 is 0 Å². The Balaban J connectivity index is 2.25. The minimum Gasteiger partial charge on any atom is -0.377 e. The largest absolute Gasteiger partial charge is 0.377 e. The van der Waals surface area contributed by atoms with Gasteiger partial charge in [0.1, 0.15) is 5.01 Å². The highest BCUT2D eigenvalue weighted by Gasteiger charge is 2.06. The average Bonchev–Trinajstić information content (AvgIpc) is 2.65. The Kier molecular flexibility index (Phi) is 5.61. The lowest BCUT2D eigenvalue weighted by atomic mass is 10.5. The van der Waals surface area contributed by atoms with E-state index in [0.29, 0.717) is 5.13 Å². The molecule has 0 radical (unpaired) electrons. The van der Waals surface area contributed by atoms with Gasteiger partial charge in [-0.15, -0.1) is 10.2 Å². The number of hydrogen-bond donors (Lipinski definition) is 2. The fourth-order valence-electron chi connectivity index (χ4n) is 1.13. The summed E-state index contributed by atoms with van der Waals surface area (Å²) in [5.41, 5.74) is 2.48. The van der Waals surface area contributed by atoms with E-state index in [1.807, 2.05) is 20.9 Å². The maximum absolute atomic E-state index is 5.47. The summed E-state index contributed by atoms with van der Waals surface area (Å²) in [4.78, 5) is 2.14. The summed E-state index contributed by atoms with van der Waals surface area (Å²) < 4.78 is 5.47. The van der Waals surface area contributed by atoms with Crippen LogP contribution in [-0.2, 0) is 11.3 Å². The van der Waals surface area contributed by atoms with Gasteiger partial charge in [0.25, 0.3) is 0 Å². The molecule has 0 amide bonds. The van der Waals surface area contributed by atoms with E-state index in [2.05, 4.69) is 20.5 Å². The number of ether oxygens (including phenoxy) is 1. The first kappa shape index (κ1) is 13.3. The van der Waals surface area contributed by atoms with Crippen LogP contribution in [0.1, 0.15) is 18.9 Å². The SMILES string of the molecule is CC(C)OCCN(C)Cc1nnc(NN)s1. The monoisotopic (exact) mass is 245 g/mol. The van der Waals surface area contributed by atoms with Crippen LogP contribution in [0.5, 0.6) is 0 Å². The van der Waals surface area contributed by atoms with Gasteiger partial charge in [-0.25, -0.2) is 5.84 Å². The second-order valence-electron chi connectivity index (χ2n) is 3.80. The van der Waals surface area contributed by atoms with Crippen molar-refractivity contribution in [1.82, 2.24) is 15.1 Å². The van der Waals surface area contributed by atoms with Crippen molar-refractivity contribution in [2.24, 2.45) is 5.84 Å². The van der Waals surface area contributed by atoms with E-state index in [1.54, 1.807) is 0 Å².